The van der Waals surface area contributed by atoms with E-state index in [4.69, 9.17) is 9.47 Å². The summed E-state index contributed by atoms with van der Waals surface area (Å²) < 4.78 is 10.8. The minimum atomic E-state index is -0.811. The molecule has 0 spiro atoms. The topological polar surface area (TPSA) is 186 Å². The van der Waals surface area contributed by atoms with Gasteiger partial charge in [-0.05, 0) is 25.5 Å². The molecule has 2 aromatic carbocycles. The Kier molecular flexibility index (Phi) is 9.20. The quantitative estimate of drug-likeness (QED) is 0.123. The Morgan fingerprint density at radius 1 is 1.18 bits per heavy atom. The highest BCUT2D eigenvalue weighted by atomic mass is 16.6. The number of Topliss-reactive ketones (excluding diaryl/α,β-unsaturated/α-hetero) is 1. The van der Waals surface area contributed by atoms with Crippen molar-refractivity contribution in [1.29, 1.82) is 5.26 Å². The third kappa shape index (κ3) is 6.69. The number of esters is 1. The van der Waals surface area contributed by atoms with Crippen molar-refractivity contribution in [2.75, 3.05) is 13.7 Å². The lowest BCUT2D eigenvalue weighted by Gasteiger charge is -2.13. The number of pyridine rings is 1. The predicted octanol–water partition coefficient (Wildman–Crippen LogP) is 4.27. The highest BCUT2D eigenvalue weighted by Crippen LogP contribution is 2.36. The van der Waals surface area contributed by atoms with Gasteiger partial charge in [0.05, 0.1) is 18.1 Å². The van der Waals surface area contributed by atoms with Crippen molar-refractivity contribution >= 4 is 28.8 Å². The Morgan fingerprint density at radius 2 is 1.90 bits per heavy atom. The van der Waals surface area contributed by atoms with E-state index in [1.807, 2.05) is 0 Å². The van der Waals surface area contributed by atoms with Crippen LogP contribution in [0, 0.1) is 28.4 Å². The molecule has 0 amide bonds. The average molecular weight is 533 g/mol. The number of methoxy groups -OCH3 is 1. The second kappa shape index (κ2) is 12.7. The summed E-state index contributed by atoms with van der Waals surface area (Å²) in [7, 11) is 1.35. The molecule has 0 aliphatic rings. The molecule has 200 valence electrons. The molecule has 0 radical (unpaired) electrons. The van der Waals surface area contributed by atoms with Crippen molar-refractivity contribution in [3.05, 3.63) is 85.7 Å². The summed E-state index contributed by atoms with van der Waals surface area (Å²) >= 11 is 0. The van der Waals surface area contributed by atoms with E-state index >= 15 is 0 Å². The van der Waals surface area contributed by atoms with E-state index in [9.17, 15) is 34.9 Å². The lowest BCUT2D eigenvalue weighted by atomic mass is 10.1. The van der Waals surface area contributed by atoms with Crippen LogP contribution in [0.4, 0.5) is 17.1 Å². The number of hydrogen-bond acceptors (Lipinski definition) is 11. The number of hydrogen-bond donors (Lipinski definition) is 1. The molecule has 1 heterocycles. The van der Waals surface area contributed by atoms with Gasteiger partial charge in [-0.25, -0.2) is 0 Å². The van der Waals surface area contributed by atoms with Gasteiger partial charge in [0.25, 0.3) is 11.2 Å². The van der Waals surface area contributed by atoms with Gasteiger partial charge in [-0.15, -0.1) is 10.2 Å². The molecule has 1 aromatic heterocycles. The minimum Gasteiger partial charge on any atom is -0.496 e. The fourth-order valence-corrected chi connectivity index (χ4v) is 3.54. The van der Waals surface area contributed by atoms with Crippen LogP contribution in [0.15, 0.2) is 63.6 Å². The monoisotopic (exact) mass is 533 g/mol. The van der Waals surface area contributed by atoms with Gasteiger partial charge >= 0.3 is 5.97 Å². The number of nitrogens with zero attached hydrogens (tertiary/aromatic N) is 5. The zero-order chi connectivity index (χ0) is 28.5. The first-order valence-electron chi connectivity index (χ1n) is 11.5. The number of aromatic hydroxyl groups is 1. The van der Waals surface area contributed by atoms with Crippen molar-refractivity contribution in [2.24, 2.45) is 10.2 Å². The first kappa shape index (κ1) is 28.2. The summed E-state index contributed by atoms with van der Waals surface area (Å²) in [5.41, 5.74) is -1.51. The van der Waals surface area contributed by atoms with Crippen molar-refractivity contribution in [3.63, 3.8) is 0 Å². The first-order chi connectivity index (χ1) is 18.7. The molecule has 0 saturated carbocycles. The summed E-state index contributed by atoms with van der Waals surface area (Å²) in [6, 6.07) is 13.9. The Morgan fingerprint density at radius 3 is 2.54 bits per heavy atom. The molecule has 0 atom stereocenters. The lowest BCUT2D eigenvalue weighted by molar-refractivity contribution is -0.384. The molecule has 39 heavy (non-hydrogen) atoms. The van der Waals surface area contributed by atoms with E-state index in [2.05, 4.69) is 10.2 Å². The molecule has 0 aliphatic carbocycles. The number of nitriles is 1. The Bertz CT molecular complexity index is 1540. The Hall–Kier alpha value is -5.38. The molecule has 1 N–H and O–H groups in total. The van der Waals surface area contributed by atoms with Crippen molar-refractivity contribution < 1.29 is 29.1 Å². The molecular formula is C26H23N5O8. The van der Waals surface area contributed by atoms with Gasteiger partial charge in [-0.2, -0.15) is 5.26 Å². The van der Waals surface area contributed by atoms with Crippen LogP contribution in [0.25, 0.3) is 0 Å². The highest BCUT2D eigenvalue weighted by molar-refractivity contribution is 5.97. The predicted molar refractivity (Wildman–Crippen MR) is 137 cm³/mol. The van der Waals surface area contributed by atoms with Gasteiger partial charge in [-0.1, -0.05) is 30.3 Å². The van der Waals surface area contributed by atoms with Gasteiger partial charge in [0, 0.05) is 24.1 Å². The van der Waals surface area contributed by atoms with E-state index in [0.717, 1.165) is 10.6 Å². The van der Waals surface area contributed by atoms with Crippen LogP contribution in [0.3, 0.4) is 0 Å². The van der Waals surface area contributed by atoms with Gasteiger partial charge in [-0.3, -0.25) is 29.1 Å². The average Bonchev–Trinajstić information content (AvgIpc) is 2.94. The number of aromatic nitrogens is 1. The molecular weight excluding hydrogens is 510 g/mol. The maximum absolute atomic E-state index is 12.8. The van der Waals surface area contributed by atoms with Gasteiger partial charge in [0.1, 0.15) is 17.4 Å². The molecule has 0 fully saturated rings. The van der Waals surface area contributed by atoms with Crippen LogP contribution in [-0.2, 0) is 16.1 Å². The Labute approximate surface area is 221 Å². The highest BCUT2D eigenvalue weighted by Gasteiger charge is 2.21. The molecule has 0 bridgehead atoms. The standard InChI is InChI=1S/C26H23N5O8/c1-16-19(14-27)25(34)30(12-6-9-23(33)39-15-22(32)17-7-4-3-5-8-17)26(35)24(16)29-28-20-11-10-18(38-2)13-21(20)31(36)37/h3-5,7-8,10-11,13,35H,6,9,12,15H2,1-2H3/b29-28+. The van der Waals surface area contributed by atoms with E-state index in [1.54, 1.807) is 36.4 Å². The second-order valence-corrected chi connectivity index (χ2v) is 8.11. The lowest BCUT2D eigenvalue weighted by Crippen LogP contribution is -2.24. The number of nitro benzene ring substituents is 1. The van der Waals surface area contributed by atoms with Crippen LogP contribution in [0.1, 0.15) is 34.3 Å². The largest absolute Gasteiger partial charge is 0.496 e. The van der Waals surface area contributed by atoms with Crippen LogP contribution in [0.5, 0.6) is 11.6 Å². The second-order valence-electron chi connectivity index (χ2n) is 8.11. The number of ether oxygens (including phenoxy) is 2. The van der Waals surface area contributed by atoms with Gasteiger partial charge < -0.3 is 14.6 Å². The molecule has 13 nitrogen and oxygen atoms in total. The molecule has 3 rings (SSSR count). The smallest absolute Gasteiger partial charge is 0.306 e. The van der Waals surface area contributed by atoms with E-state index in [0.29, 0.717) is 5.56 Å². The van der Waals surface area contributed by atoms with Crippen LogP contribution < -0.4 is 10.3 Å². The van der Waals surface area contributed by atoms with Gasteiger partial charge in [0.15, 0.2) is 23.8 Å². The number of carbonyl (C=O) groups is 2. The van der Waals surface area contributed by atoms with Crippen LogP contribution in [-0.4, -0.2) is 40.1 Å². The van der Waals surface area contributed by atoms with Crippen molar-refractivity contribution in [3.8, 4) is 17.7 Å². The number of ketones is 1. The summed E-state index contributed by atoms with van der Waals surface area (Å²) in [5.74, 6) is -1.47. The fourth-order valence-electron chi connectivity index (χ4n) is 3.54. The third-order valence-electron chi connectivity index (χ3n) is 5.63. The van der Waals surface area contributed by atoms with Crippen LogP contribution >= 0.6 is 0 Å². The summed E-state index contributed by atoms with van der Waals surface area (Å²) in [6.07, 6.45) is -0.154. The van der Waals surface area contributed by atoms with Gasteiger partial charge in [0.2, 0.25) is 5.88 Å². The zero-order valence-electron chi connectivity index (χ0n) is 21.0. The van der Waals surface area contributed by atoms with Crippen molar-refractivity contribution in [1.82, 2.24) is 4.57 Å². The molecule has 3 aromatic rings. The number of carbonyl (C=O) groups excluding carboxylic acids is 2. The zero-order valence-corrected chi connectivity index (χ0v) is 21.0. The normalized spacial score (nSPS) is 10.7. The number of nitro groups is 1. The maximum Gasteiger partial charge on any atom is 0.306 e. The number of azo groups is 1. The van der Waals surface area contributed by atoms with E-state index < -0.39 is 34.6 Å². The third-order valence-corrected chi connectivity index (χ3v) is 5.63. The summed E-state index contributed by atoms with van der Waals surface area (Å²) in [6.45, 7) is 0.744. The fraction of sp³-hybridized carbons (Fsp3) is 0.231. The SMILES string of the molecule is COc1ccc(/N=N/c2c(C)c(C#N)c(=O)n(CCCC(=O)OCC(=O)c3ccccc3)c2O)c([N+](=O)[O-])c1. The first-order valence-corrected chi connectivity index (χ1v) is 11.5. The number of rotatable bonds is 11. The molecule has 0 unspecified atom stereocenters. The molecule has 13 heteroatoms. The van der Waals surface area contributed by atoms with E-state index in [1.165, 1.54) is 26.2 Å². The number of benzene rings is 2. The minimum absolute atomic E-state index is 0.0231. The summed E-state index contributed by atoms with van der Waals surface area (Å²) in [4.78, 5) is 47.7. The van der Waals surface area contributed by atoms with Crippen LogP contribution in [0.2, 0.25) is 0 Å². The molecule has 0 aliphatic heterocycles. The van der Waals surface area contributed by atoms with Crippen molar-refractivity contribution in [2.45, 2.75) is 26.3 Å². The molecule has 0 saturated heterocycles. The summed E-state index contributed by atoms with van der Waals surface area (Å²) in [5, 5.41) is 39.4. The van der Waals surface area contributed by atoms with E-state index in [-0.39, 0.29) is 53.4 Å². The maximum atomic E-state index is 12.8. The Balaban J connectivity index is 1.78.